The standard InChI is InChI=1S/C20H13Cl3N4O/c21-16-5-2-1-4-14(16)12-27-11-13(10-25-27)8-15(9-24)20(28)26-19-17(22)6-3-7-18(19)23/h1-8,10-11H,12H2,(H,26,28)/b15-8+. The van der Waals surface area contributed by atoms with Crippen molar-refractivity contribution >= 4 is 52.5 Å². The normalized spacial score (nSPS) is 11.1. The van der Waals surface area contributed by atoms with E-state index in [9.17, 15) is 10.1 Å². The third-order valence-corrected chi connectivity index (χ3v) is 4.82. The minimum absolute atomic E-state index is 0.103. The second-order valence-corrected chi connectivity index (χ2v) is 7.00. The Kier molecular flexibility index (Phi) is 6.37. The number of nitrogens with one attached hydrogen (secondary N) is 1. The van der Waals surface area contributed by atoms with E-state index in [1.807, 2.05) is 24.3 Å². The van der Waals surface area contributed by atoms with E-state index in [1.54, 1.807) is 41.3 Å². The number of amides is 1. The van der Waals surface area contributed by atoms with Crippen LogP contribution in [0.4, 0.5) is 5.69 Å². The SMILES string of the molecule is N#C/C(=C\c1cnn(Cc2ccccc2Cl)c1)C(=O)Nc1c(Cl)cccc1Cl. The molecule has 5 nitrogen and oxygen atoms in total. The van der Waals surface area contributed by atoms with Crippen LogP contribution in [-0.4, -0.2) is 15.7 Å². The summed E-state index contributed by atoms with van der Waals surface area (Å²) in [6.07, 6.45) is 4.72. The Morgan fingerprint density at radius 1 is 1.11 bits per heavy atom. The zero-order chi connectivity index (χ0) is 20.1. The zero-order valence-electron chi connectivity index (χ0n) is 14.4. The Balaban J connectivity index is 1.78. The summed E-state index contributed by atoms with van der Waals surface area (Å²) in [7, 11) is 0. The van der Waals surface area contributed by atoms with Crippen LogP contribution in [0.3, 0.4) is 0 Å². The first-order valence-corrected chi connectivity index (χ1v) is 9.24. The molecule has 0 aliphatic carbocycles. The van der Waals surface area contributed by atoms with Crippen LogP contribution in [0.1, 0.15) is 11.1 Å². The van der Waals surface area contributed by atoms with Crippen LogP contribution >= 0.6 is 34.8 Å². The first-order chi connectivity index (χ1) is 13.5. The van der Waals surface area contributed by atoms with Gasteiger partial charge in [-0.05, 0) is 29.8 Å². The van der Waals surface area contributed by atoms with Gasteiger partial charge < -0.3 is 5.32 Å². The van der Waals surface area contributed by atoms with E-state index in [4.69, 9.17) is 34.8 Å². The van der Waals surface area contributed by atoms with Crippen molar-refractivity contribution in [2.24, 2.45) is 0 Å². The summed E-state index contributed by atoms with van der Waals surface area (Å²) in [5, 5.41) is 17.4. The van der Waals surface area contributed by atoms with Crippen LogP contribution in [0.2, 0.25) is 15.1 Å². The molecule has 0 aliphatic rings. The van der Waals surface area contributed by atoms with Crippen molar-refractivity contribution in [2.45, 2.75) is 6.54 Å². The molecule has 0 radical (unpaired) electrons. The van der Waals surface area contributed by atoms with Crippen molar-refractivity contribution in [1.29, 1.82) is 5.26 Å². The molecule has 0 bridgehead atoms. The number of rotatable bonds is 5. The molecule has 140 valence electrons. The number of halogens is 3. The van der Waals surface area contributed by atoms with Gasteiger partial charge in [0.25, 0.3) is 5.91 Å². The van der Waals surface area contributed by atoms with Gasteiger partial charge in [0.2, 0.25) is 0 Å². The van der Waals surface area contributed by atoms with Gasteiger partial charge in [-0.25, -0.2) is 0 Å². The zero-order valence-corrected chi connectivity index (χ0v) is 16.6. The predicted molar refractivity (Wildman–Crippen MR) is 111 cm³/mol. The van der Waals surface area contributed by atoms with E-state index in [1.165, 1.54) is 6.08 Å². The Morgan fingerprint density at radius 2 is 1.79 bits per heavy atom. The van der Waals surface area contributed by atoms with Gasteiger partial charge in [0.05, 0.1) is 28.5 Å². The molecule has 3 aromatic rings. The van der Waals surface area contributed by atoms with Crippen molar-refractivity contribution in [3.63, 3.8) is 0 Å². The van der Waals surface area contributed by atoms with E-state index in [-0.39, 0.29) is 21.3 Å². The molecule has 0 unspecified atom stereocenters. The van der Waals surface area contributed by atoms with Crippen LogP contribution in [0.5, 0.6) is 0 Å². The number of para-hydroxylation sites is 1. The topological polar surface area (TPSA) is 70.7 Å². The average Bonchev–Trinajstić information content (AvgIpc) is 3.11. The minimum atomic E-state index is -0.614. The van der Waals surface area contributed by atoms with E-state index >= 15 is 0 Å². The number of aromatic nitrogens is 2. The molecule has 0 saturated carbocycles. The van der Waals surface area contributed by atoms with Crippen molar-refractivity contribution in [2.75, 3.05) is 5.32 Å². The summed E-state index contributed by atoms with van der Waals surface area (Å²) in [5.41, 5.74) is 1.66. The summed E-state index contributed by atoms with van der Waals surface area (Å²) in [6.45, 7) is 0.469. The lowest BCUT2D eigenvalue weighted by atomic mass is 10.2. The van der Waals surface area contributed by atoms with Crippen LogP contribution in [0.25, 0.3) is 6.08 Å². The van der Waals surface area contributed by atoms with E-state index in [2.05, 4.69) is 10.4 Å². The number of carbonyl (C=O) groups is 1. The van der Waals surface area contributed by atoms with Crippen molar-refractivity contribution < 1.29 is 4.79 Å². The smallest absolute Gasteiger partial charge is 0.266 e. The molecule has 2 aromatic carbocycles. The fourth-order valence-electron chi connectivity index (χ4n) is 2.46. The highest BCUT2D eigenvalue weighted by molar-refractivity contribution is 6.40. The van der Waals surface area contributed by atoms with Gasteiger partial charge >= 0.3 is 0 Å². The number of carbonyl (C=O) groups excluding carboxylic acids is 1. The maximum absolute atomic E-state index is 12.4. The number of hydrogen-bond acceptors (Lipinski definition) is 3. The van der Waals surface area contributed by atoms with Gasteiger partial charge in [-0.1, -0.05) is 59.1 Å². The third-order valence-electron chi connectivity index (χ3n) is 3.82. The number of anilines is 1. The number of benzene rings is 2. The van der Waals surface area contributed by atoms with Gasteiger partial charge in [0, 0.05) is 16.8 Å². The largest absolute Gasteiger partial charge is 0.319 e. The molecule has 1 N–H and O–H groups in total. The highest BCUT2D eigenvalue weighted by atomic mass is 35.5. The Bertz CT molecular complexity index is 1080. The lowest BCUT2D eigenvalue weighted by Crippen LogP contribution is -2.14. The molecule has 1 amide bonds. The van der Waals surface area contributed by atoms with Crippen molar-refractivity contribution in [3.8, 4) is 6.07 Å². The maximum atomic E-state index is 12.4. The average molecular weight is 432 g/mol. The molecule has 28 heavy (non-hydrogen) atoms. The Labute approximate surface area is 176 Å². The monoisotopic (exact) mass is 430 g/mol. The maximum Gasteiger partial charge on any atom is 0.266 e. The number of nitrogens with zero attached hydrogens (tertiary/aromatic N) is 3. The number of hydrogen-bond donors (Lipinski definition) is 1. The summed E-state index contributed by atoms with van der Waals surface area (Å²) in [5.74, 6) is -0.614. The molecule has 0 aliphatic heterocycles. The number of nitriles is 1. The molecule has 8 heteroatoms. The summed E-state index contributed by atoms with van der Waals surface area (Å²) >= 11 is 18.3. The van der Waals surface area contributed by atoms with Crippen LogP contribution in [0.15, 0.2) is 60.4 Å². The lowest BCUT2D eigenvalue weighted by Gasteiger charge is -2.08. The van der Waals surface area contributed by atoms with Crippen molar-refractivity contribution in [1.82, 2.24) is 9.78 Å². The molecular weight excluding hydrogens is 419 g/mol. The Morgan fingerprint density at radius 3 is 2.46 bits per heavy atom. The molecule has 0 atom stereocenters. The van der Waals surface area contributed by atoms with Gasteiger partial charge in [0.1, 0.15) is 11.6 Å². The van der Waals surface area contributed by atoms with E-state index in [0.717, 1.165) is 5.56 Å². The van der Waals surface area contributed by atoms with Gasteiger partial charge in [-0.15, -0.1) is 0 Å². The molecular formula is C20H13Cl3N4O. The predicted octanol–water partition coefficient (Wildman–Crippen LogP) is 5.44. The van der Waals surface area contributed by atoms with Gasteiger partial charge in [0.15, 0.2) is 0 Å². The van der Waals surface area contributed by atoms with Crippen LogP contribution in [0, 0.1) is 11.3 Å². The summed E-state index contributed by atoms with van der Waals surface area (Å²) in [4.78, 5) is 12.4. The molecule has 0 spiro atoms. The molecule has 1 heterocycles. The quantitative estimate of drug-likeness (QED) is 0.432. The molecule has 1 aromatic heterocycles. The summed E-state index contributed by atoms with van der Waals surface area (Å²) in [6, 6.07) is 14.2. The first kappa shape index (κ1) is 20.0. The van der Waals surface area contributed by atoms with Crippen LogP contribution in [-0.2, 0) is 11.3 Å². The fraction of sp³-hybridized carbons (Fsp3) is 0.0500. The fourth-order valence-corrected chi connectivity index (χ4v) is 3.14. The van der Waals surface area contributed by atoms with E-state index in [0.29, 0.717) is 17.1 Å². The minimum Gasteiger partial charge on any atom is -0.319 e. The highest BCUT2D eigenvalue weighted by Gasteiger charge is 2.14. The Hall–Kier alpha value is -2.78. The highest BCUT2D eigenvalue weighted by Crippen LogP contribution is 2.30. The van der Waals surface area contributed by atoms with Gasteiger partial charge in [-0.2, -0.15) is 10.4 Å². The summed E-state index contributed by atoms with van der Waals surface area (Å²) < 4.78 is 1.67. The van der Waals surface area contributed by atoms with E-state index < -0.39 is 5.91 Å². The molecule has 3 rings (SSSR count). The second kappa shape index (κ2) is 8.94. The first-order valence-electron chi connectivity index (χ1n) is 8.11. The second-order valence-electron chi connectivity index (χ2n) is 5.78. The molecule has 0 fully saturated rings. The lowest BCUT2D eigenvalue weighted by molar-refractivity contribution is -0.112. The van der Waals surface area contributed by atoms with Crippen LogP contribution < -0.4 is 5.32 Å². The molecule has 0 saturated heterocycles. The van der Waals surface area contributed by atoms with Crippen molar-refractivity contribution in [3.05, 3.63) is 86.6 Å². The van der Waals surface area contributed by atoms with Gasteiger partial charge in [-0.3, -0.25) is 9.48 Å². The third kappa shape index (κ3) is 4.73.